The molecule has 0 aliphatic rings. The van der Waals surface area contributed by atoms with Crippen molar-refractivity contribution in [3.8, 4) is 0 Å². The van der Waals surface area contributed by atoms with Crippen molar-refractivity contribution < 1.29 is 4.79 Å². The van der Waals surface area contributed by atoms with Gasteiger partial charge < -0.3 is 4.57 Å². The summed E-state index contributed by atoms with van der Waals surface area (Å²) >= 11 is 0. The van der Waals surface area contributed by atoms with Gasteiger partial charge in [-0.1, -0.05) is 48.5 Å². The van der Waals surface area contributed by atoms with Crippen LogP contribution in [-0.2, 0) is 7.05 Å². The van der Waals surface area contributed by atoms with E-state index in [1.165, 1.54) is 0 Å². The number of nitrogens with one attached hydrogen (secondary N) is 1. The molecule has 1 aromatic heterocycles. The molecular weight excluding hydrogens is 322 g/mol. The number of para-hydroxylation sites is 1. The van der Waals surface area contributed by atoms with Crippen LogP contribution in [-0.4, -0.2) is 16.7 Å². The Hall–Kier alpha value is -3.40. The minimum absolute atomic E-state index is 0.218. The Bertz CT molecular complexity index is 1150. The predicted octanol–water partition coefficient (Wildman–Crippen LogP) is 4.40. The fraction of sp³-hybridized carbons (Fsp3) is 0.0909. The summed E-state index contributed by atoms with van der Waals surface area (Å²) in [6.07, 6.45) is 1.72. The molecule has 4 rings (SSSR count). The zero-order chi connectivity index (χ0) is 18.1. The molecule has 26 heavy (non-hydrogen) atoms. The summed E-state index contributed by atoms with van der Waals surface area (Å²) in [7, 11) is 2.03. The van der Waals surface area contributed by atoms with E-state index in [0.717, 1.165) is 32.9 Å². The standard InChI is InChI=1S/C22H19N3O/c1-15-20(19-9-5-6-10-21(19)25(15)2)14-23-24-22(26)18-12-11-16-7-3-4-8-17(16)13-18/h3-14H,1-2H3,(H,24,26). The van der Waals surface area contributed by atoms with Crippen molar-refractivity contribution in [1.29, 1.82) is 0 Å². The van der Waals surface area contributed by atoms with Gasteiger partial charge in [0.05, 0.1) is 6.21 Å². The first-order valence-corrected chi connectivity index (χ1v) is 8.51. The van der Waals surface area contributed by atoms with Crippen molar-refractivity contribution in [2.45, 2.75) is 6.92 Å². The number of carbonyl (C=O) groups excluding carboxylic acids is 1. The van der Waals surface area contributed by atoms with Crippen molar-refractivity contribution >= 4 is 33.8 Å². The van der Waals surface area contributed by atoms with Gasteiger partial charge in [0.15, 0.2) is 0 Å². The van der Waals surface area contributed by atoms with E-state index >= 15 is 0 Å². The Morgan fingerprint density at radius 1 is 1.00 bits per heavy atom. The quantitative estimate of drug-likeness (QED) is 0.436. The molecule has 0 saturated carbocycles. The normalized spacial score (nSPS) is 11.5. The van der Waals surface area contributed by atoms with Crippen LogP contribution in [0.4, 0.5) is 0 Å². The van der Waals surface area contributed by atoms with E-state index in [1.807, 2.05) is 68.6 Å². The number of benzene rings is 3. The van der Waals surface area contributed by atoms with E-state index in [-0.39, 0.29) is 5.91 Å². The first-order chi connectivity index (χ1) is 12.6. The van der Waals surface area contributed by atoms with Crippen LogP contribution in [0.1, 0.15) is 21.6 Å². The minimum atomic E-state index is -0.218. The first kappa shape index (κ1) is 16.1. The van der Waals surface area contributed by atoms with Gasteiger partial charge in [-0.3, -0.25) is 4.79 Å². The van der Waals surface area contributed by atoms with E-state index in [9.17, 15) is 4.79 Å². The van der Waals surface area contributed by atoms with E-state index in [1.54, 1.807) is 6.21 Å². The number of hydrogen-bond acceptors (Lipinski definition) is 2. The van der Waals surface area contributed by atoms with Gasteiger partial charge in [0.25, 0.3) is 5.91 Å². The van der Waals surface area contributed by atoms with Crippen LogP contribution in [0.2, 0.25) is 0 Å². The average molecular weight is 341 g/mol. The van der Waals surface area contributed by atoms with Crippen LogP contribution < -0.4 is 5.43 Å². The molecule has 1 N–H and O–H groups in total. The van der Waals surface area contributed by atoms with E-state index < -0.39 is 0 Å². The van der Waals surface area contributed by atoms with E-state index in [4.69, 9.17) is 0 Å². The van der Waals surface area contributed by atoms with Gasteiger partial charge in [-0.2, -0.15) is 5.10 Å². The molecule has 3 aromatic carbocycles. The molecule has 0 atom stereocenters. The lowest BCUT2D eigenvalue weighted by Crippen LogP contribution is -2.17. The van der Waals surface area contributed by atoms with Gasteiger partial charge in [-0.15, -0.1) is 0 Å². The number of hydrazone groups is 1. The third kappa shape index (κ3) is 2.75. The minimum Gasteiger partial charge on any atom is -0.347 e. The summed E-state index contributed by atoms with van der Waals surface area (Å²) in [5, 5.41) is 7.45. The monoisotopic (exact) mass is 341 g/mol. The molecule has 0 bridgehead atoms. The molecule has 0 spiro atoms. The molecule has 0 unspecified atom stereocenters. The Morgan fingerprint density at radius 2 is 1.73 bits per heavy atom. The SMILES string of the molecule is Cc1c(C=NNC(=O)c2ccc3ccccc3c2)c2ccccc2n1C. The molecule has 4 nitrogen and oxygen atoms in total. The second-order valence-electron chi connectivity index (χ2n) is 6.34. The number of nitrogens with zero attached hydrogens (tertiary/aromatic N) is 2. The van der Waals surface area contributed by atoms with Crippen molar-refractivity contribution in [3.63, 3.8) is 0 Å². The molecule has 0 radical (unpaired) electrons. The van der Waals surface area contributed by atoms with Crippen molar-refractivity contribution in [2.75, 3.05) is 0 Å². The molecule has 128 valence electrons. The summed E-state index contributed by atoms with van der Waals surface area (Å²) in [5.41, 5.74) is 6.50. The largest absolute Gasteiger partial charge is 0.347 e. The fourth-order valence-electron chi connectivity index (χ4n) is 3.26. The van der Waals surface area contributed by atoms with Crippen LogP contribution in [0.5, 0.6) is 0 Å². The molecule has 0 aliphatic carbocycles. The van der Waals surface area contributed by atoms with Gasteiger partial charge in [0.1, 0.15) is 0 Å². The lowest BCUT2D eigenvalue weighted by atomic mass is 10.1. The number of hydrogen-bond donors (Lipinski definition) is 1. The summed E-state index contributed by atoms with van der Waals surface area (Å²) in [6, 6.07) is 21.8. The summed E-state index contributed by atoms with van der Waals surface area (Å²) < 4.78 is 2.13. The van der Waals surface area contributed by atoms with Gasteiger partial charge in [0.2, 0.25) is 0 Å². The summed E-state index contributed by atoms with van der Waals surface area (Å²) in [4.78, 5) is 12.4. The highest BCUT2D eigenvalue weighted by Gasteiger charge is 2.10. The van der Waals surface area contributed by atoms with Crippen LogP contribution in [0.3, 0.4) is 0 Å². The Labute approximate surface area is 151 Å². The van der Waals surface area contributed by atoms with Gasteiger partial charge in [0, 0.05) is 34.8 Å². The zero-order valence-electron chi connectivity index (χ0n) is 14.7. The number of aromatic nitrogens is 1. The van der Waals surface area contributed by atoms with Crippen molar-refractivity contribution in [1.82, 2.24) is 9.99 Å². The van der Waals surface area contributed by atoms with Gasteiger partial charge in [-0.05, 0) is 35.9 Å². The third-order valence-corrected chi connectivity index (χ3v) is 4.82. The Kier molecular flexibility index (Phi) is 4.01. The molecule has 1 heterocycles. The first-order valence-electron chi connectivity index (χ1n) is 8.51. The average Bonchev–Trinajstić information content (AvgIpc) is 2.92. The number of rotatable bonds is 3. The smallest absolute Gasteiger partial charge is 0.271 e. The zero-order valence-corrected chi connectivity index (χ0v) is 14.7. The highest BCUT2D eigenvalue weighted by molar-refractivity contribution is 6.02. The fourth-order valence-corrected chi connectivity index (χ4v) is 3.26. The number of aryl methyl sites for hydroxylation is 1. The van der Waals surface area contributed by atoms with Crippen LogP contribution in [0, 0.1) is 6.92 Å². The van der Waals surface area contributed by atoms with Crippen LogP contribution in [0.25, 0.3) is 21.7 Å². The molecular formula is C22H19N3O. The number of fused-ring (bicyclic) bond motifs is 2. The van der Waals surface area contributed by atoms with E-state index in [2.05, 4.69) is 27.2 Å². The predicted molar refractivity (Wildman–Crippen MR) is 107 cm³/mol. The highest BCUT2D eigenvalue weighted by Crippen LogP contribution is 2.23. The topological polar surface area (TPSA) is 46.4 Å². The Morgan fingerprint density at radius 3 is 2.58 bits per heavy atom. The molecule has 0 fully saturated rings. The Balaban J connectivity index is 1.58. The van der Waals surface area contributed by atoms with Crippen molar-refractivity contribution in [3.05, 3.63) is 83.6 Å². The van der Waals surface area contributed by atoms with Crippen molar-refractivity contribution in [2.24, 2.45) is 12.1 Å². The third-order valence-electron chi connectivity index (χ3n) is 4.82. The second-order valence-corrected chi connectivity index (χ2v) is 6.34. The van der Waals surface area contributed by atoms with Gasteiger partial charge >= 0.3 is 0 Å². The van der Waals surface area contributed by atoms with Crippen LogP contribution in [0.15, 0.2) is 71.8 Å². The summed E-state index contributed by atoms with van der Waals surface area (Å²) in [5.74, 6) is -0.218. The molecule has 0 saturated heterocycles. The molecule has 4 heteroatoms. The molecule has 1 amide bonds. The maximum absolute atomic E-state index is 12.4. The highest BCUT2D eigenvalue weighted by atomic mass is 16.2. The molecule has 4 aromatic rings. The molecule has 0 aliphatic heterocycles. The number of amides is 1. The van der Waals surface area contributed by atoms with Gasteiger partial charge in [-0.25, -0.2) is 5.43 Å². The second kappa shape index (κ2) is 6.48. The lowest BCUT2D eigenvalue weighted by molar-refractivity contribution is 0.0955. The lowest BCUT2D eigenvalue weighted by Gasteiger charge is -2.02. The summed E-state index contributed by atoms with van der Waals surface area (Å²) in [6.45, 7) is 2.05. The van der Waals surface area contributed by atoms with E-state index in [0.29, 0.717) is 5.56 Å². The number of carbonyl (C=O) groups is 1. The van der Waals surface area contributed by atoms with Crippen LogP contribution >= 0.6 is 0 Å². The maximum atomic E-state index is 12.4. The maximum Gasteiger partial charge on any atom is 0.271 e.